The predicted octanol–water partition coefficient (Wildman–Crippen LogP) is 7.81. The van der Waals surface area contributed by atoms with Crippen LogP contribution in [0.15, 0.2) is 24.3 Å². The fraction of sp³-hybridized carbons (Fsp3) is 0.778. The monoisotopic (exact) mass is 519 g/mol. The molecule has 0 saturated heterocycles. The lowest BCUT2D eigenvalue weighted by molar-refractivity contribution is -0.929. The minimum Gasteiger partial charge on any atom is -0.384 e. The molecule has 34 heavy (non-hydrogen) atoms. The number of rotatable bonds is 19. The third-order valence-electron chi connectivity index (χ3n) is 6.21. The molecule has 0 radical (unpaired) electrons. The molecule has 0 bridgehead atoms. The Labute approximate surface area is 216 Å². The minimum atomic E-state index is -3.81. The van der Waals surface area contributed by atoms with E-state index in [9.17, 15) is 8.42 Å². The number of para-hydroxylation sites is 1. The first-order valence-electron chi connectivity index (χ1n) is 13.5. The summed E-state index contributed by atoms with van der Waals surface area (Å²) in [5.41, 5.74) is 0.879. The van der Waals surface area contributed by atoms with Gasteiger partial charge in [0.25, 0.3) is 10.1 Å². The van der Waals surface area contributed by atoms with Gasteiger partial charge in [0.05, 0.1) is 42.6 Å². The van der Waals surface area contributed by atoms with Crippen molar-refractivity contribution in [3.05, 3.63) is 29.3 Å². The molecule has 2 N–H and O–H groups in total. The maximum atomic E-state index is 10.5. The van der Waals surface area contributed by atoms with Gasteiger partial charge in [-0.2, -0.15) is 8.42 Å². The first-order chi connectivity index (χ1) is 16.2. The first kappa shape index (κ1) is 33.2. The van der Waals surface area contributed by atoms with E-state index in [-0.39, 0.29) is 5.75 Å². The van der Waals surface area contributed by atoms with Crippen LogP contribution < -0.4 is 5.32 Å². The second-order valence-corrected chi connectivity index (χ2v) is 11.4. The molecule has 1 rings (SSSR count). The topological polar surface area (TPSA) is 66.4 Å². The zero-order valence-electron chi connectivity index (χ0n) is 22.3. The molecule has 5 nitrogen and oxygen atoms in total. The van der Waals surface area contributed by atoms with Gasteiger partial charge < -0.3 is 9.80 Å². The summed E-state index contributed by atoms with van der Waals surface area (Å²) in [6.45, 7) is 15.7. The van der Waals surface area contributed by atoms with E-state index >= 15 is 0 Å². The maximum absolute atomic E-state index is 10.5. The Morgan fingerprint density at radius 2 is 1.24 bits per heavy atom. The molecule has 0 aliphatic heterocycles. The lowest BCUT2D eigenvalue weighted by Gasteiger charge is -2.39. The molecular weight excluding hydrogens is 468 g/mol. The molecule has 200 valence electrons. The normalized spacial score (nSPS) is 11.7. The molecule has 1 aromatic rings. The molecule has 0 aliphatic carbocycles. The van der Waals surface area contributed by atoms with Gasteiger partial charge in [0.15, 0.2) is 0 Å². The van der Waals surface area contributed by atoms with Gasteiger partial charge in [-0.25, -0.2) is 0 Å². The molecule has 0 saturated carbocycles. The third-order valence-corrected chi connectivity index (χ3v) is 7.35. The molecule has 0 unspecified atom stereocenters. The Hall–Kier alpha value is -0.820. The molecule has 0 aromatic heterocycles. The highest BCUT2D eigenvalue weighted by Gasteiger charge is 2.24. The van der Waals surface area contributed by atoms with Crippen molar-refractivity contribution in [2.24, 2.45) is 0 Å². The van der Waals surface area contributed by atoms with E-state index in [0.717, 1.165) is 25.1 Å². The molecule has 1 aromatic carbocycles. The van der Waals surface area contributed by atoms with Crippen LogP contribution >= 0.6 is 11.6 Å². The lowest BCUT2D eigenvalue weighted by atomic mass is 10.1. The van der Waals surface area contributed by atoms with Gasteiger partial charge in [-0.3, -0.25) is 4.55 Å². The van der Waals surface area contributed by atoms with Crippen LogP contribution in [0.5, 0.6) is 0 Å². The van der Waals surface area contributed by atoms with Crippen molar-refractivity contribution in [1.29, 1.82) is 0 Å². The van der Waals surface area contributed by atoms with Gasteiger partial charge >= 0.3 is 0 Å². The van der Waals surface area contributed by atoms with Gasteiger partial charge in [-0.05, 0) is 50.7 Å². The van der Waals surface area contributed by atoms with E-state index in [2.05, 4.69) is 33.0 Å². The molecular formula is C27H52ClN2O3S+. The highest BCUT2D eigenvalue weighted by Crippen LogP contribution is 2.20. The van der Waals surface area contributed by atoms with Gasteiger partial charge in [0.1, 0.15) is 0 Å². The number of unbranched alkanes of at least 4 members (excludes halogenated alkanes) is 6. The number of anilines is 1. The van der Waals surface area contributed by atoms with E-state index in [1.165, 1.54) is 82.0 Å². The van der Waals surface area contributed by atoms with E-state index in [1.54, 1.807) is 0 Å². The van der Waals surface area contributed by atoms with Crippen LogP contribution in [0.2, 0.25) is 5.02 Å². The number of hydrogen-bond acceptors (Lipinski definition) is 3. The summed E-state index contributed by atoms with van der Waals surface area (Å²) in [5.74, 6) is -0.168. The zero-order valence-corrected chi connectivity index (χ0v) is 23.9. The van der Waals surface area contributed by atoms with Crippen molar-refractivity contribution in [1.82, 2.24) is 0 Å². The highest BCUT2D eigenvalue weighted by atomic mass is 35.5. The van der Waals surface area contributed by atoms with Crippen molar-refractivity contribution in [3.8, 4) is 0 Å². The Balaban J connectivity index is 0.000000641. The van der Waals surface area contributed by atoms with E-state index in [0.29, 0.717) is 11.4 Å². The van der Waals surface area contributed by atoms with E-state index < -0.39 is 10.1 Å². The number of nitrogens with zero attached hydrogens (tertiary/aromatic N) is 1. The molecule has 0 atom stereocenters. The summed E-state index contributed by atoms with van der Waals surface area (Å²) in [7, 11) is -3.81. The molecule has 0 heterocycles. The summed E-state index contributed by atoms with van der Waals surface area (Å²) >= 11 is 5.95. The summed E-state index contributed by atoms with van der Waals surface area (Å²) in [4.78, 5) is 0. The molecule has 0 amide bonds. The van der Waals surface area contributed by atoms with Gasteiger partial charge in [-0.1, -0.05) is 83.5 Å². The molecule has 7 heteroatoms. The van der Waals surface area contributed by atoms with Crippen LogP contribution in [-0.4, -0.2) is 55.9 Å². The highest BCUT2D eigenvalue weighted by molar-refractivity contribution is 7.85. The number of benzene rings is 1. The summed E-state index contributed by atoms with van der Waals surface area (Å²) < 4.78 is 30.9. The first-order valence-corrected chi connectivity index (χ1v) is 15.5. The van der Waals surface area contributed by atoms with Crippen LogP contribution in [0, 0.1) is 0 Å². The van der Waals surface area contributed by atoms with Gasteiger partial charge in [0.2, 0.25) is 0 Å². The average Bonchev–Trinajstić information content (AvgIpc) is 2.81. The molecule has 0 spiro atoms. The Bertz CT molecular complexity index is 676. The Morgan fingerprint density at radius 3 is 1.65 bits per heavy atom. The molecule has 0 fully saturated rings. The minimum absolute atomic E-state index is 0.168. The number of quaternary nitrogens is 1. The second-order valence-electron chi connectivity index (χ2n) is 9.40. The van der Waals surface area contributed by atoms with E-state index in [1.807, 2.05) is 24.3 Å². The number of halogens is 1. The Kier molecular flexibility index (Phi) is 19.9. The van der Waals surface area contributed by atoms with Gasteiger partial charge in [-0.15, -0.1) is 0 Å². The van der Waals surface area contributed by atoms with Gasteiger partial charge in [0, 0.05) is 6.54 Å². The fourth-order valence-corrected chi connectivity index (χ4v) is 4.83. The average molecular weight is 520 g/mol. The van der Waals surface area contributed by atoms with Crippen LogP contribution in [0.1, 0.15) is 98.3 Å². The van der Waals surface area contributed by atoms with Crippen LogP contribution in [0.4, 0.5) is 5.69 Å². The summed E-state index contributed by atoms with van der Waals surface area (Å²) in [5, 5.41) is 3.84. The second kappa shape index (κ2) is 20.4. The number of nitrogens with one attached hydrogen (secondary N) is 1. The van der Waals surface area contributed by atoms with Crippen molar-refractivity contribution in [3.63, 3.8) is 0 Å². The third kappa shape index (κ3) is 17.6. The Morgan fingerprint density at radius 1 is 0.765 bits per heavy atom. The standard InChI is InChI=1S/C16H36N.C11H16ClNO3S/c1-5-9-13-17(14-10-6-2,15-11-7-3)16-12-8-4;12-10-6-2-3-7-11(10)13-8-4-1-5-9-17(14,15)16/h5-16H2,1-4H3;2-3,6-7,13H,1,4-5,8-9H2,(H,14,15,16)/q+1;. The van der Waals surface area contributed by atoms with Crippen molar-refractivity contribution in [2.75, 3.05) is 43.8 Å². The lowest BCUT2D eigenvalue weighted by Crippen LogP contribution is -2.50. The number of hydrogen-bond donors (Lipinski definition) is 2. The zero-order chi connectivity index (χ0) is 25.7. The summed E-state index contributed by atoms with van der Waals surface area (Å²) in [6.07, 6.45) is 13.1. The maximum Gasteiger partial charge on any atom is 0.264 e. The predicted molar refractivity (Wildman–Crippen MR) is 150 cm³/mol. The smallest absolute Gasteiger partial charge is 0.264 e. The van der Waals surface area contributed by atoms with Crippen LogP contribution in [-0.2, 0) is 10.1 Å². The van der Waals surface area contributed by atoms with E-state index in [4.69, 9.17) is 16.2 Å². The quantitative estimate of drug-likeness (QED) is 0.111. The molecule has 0 aliphatic rings. The van der Waals surface area contributed by atoms with Crippen molar-refractivity contribution in [2.45, 2.75) is 98.3 Å². The van der Waals surface area contributed by atoms with Crippen molar-refractivity contribution < 1.29 is 17.5 Å². The van der Waals surface area contributed by atoms with Crippen LogP contribution in [0.25, 0.3) is 0 Å². The van der Waals surface area contributed by atoms with Crippen LogP contribution in [0.3, 0.4) is 0 Å². The SMILES string of the molecule is CCCC[N+](CCCC)(CCCC)CCCC.O=S(=O)(O)CCCCCNc1ccccc1Cl. The largest absolute Gasteiger partial charge is 0.384 e. The fourth-order valence-electron chi connectivity index (χ4n) is 4.06. The summed E-state index contributed by atoms with van der Waals surface area (Å²) in [6, 6.07) is 7.45. The van der Waals surface area contributed by atoms with Crippen molar-refractivity contribution >= 4 is 27.4 Å².